The molecule has 0 aliphatic heterocycles. The van der Waals surface area contributed by atoms with Crippen LogP contribution >= 0.6 is 0 Å². The molecule has 2 aromatic carbocycles. The van der Waals surface area contributed by atoms with Crippen molar-refractivity contribution in [3.63, 3.8) is 0 Å². The number of carbonyl (C=O) groups excluding carboxylic acids is 2. The standard InChI is InChI=1S/C23H20N4O6/c28-21(24-18(22(29)30)12-9-10-12)19-20(27-33-26-19)25-23(31)32-11-17-15-7-3-1-5-13(15)14-6-2-4-8-16(14)17/h1-8,12,17-18H,9-11H2,(H,24,28)(H,29,30)(H,25,27,31). The molecule has 1 saturated carbocycles. The number of ether oxygens (including phenoxy) is 1. The van der Waals surface area contributed by atoms with Crippen LogP contribution in [0.4, 0.5) is 10.6 Å². The summed E-state index contributed by atoms with van der Waals surface area (Å²) in [7, 11) is 0. The Morgan fingerprint density at radius 2 is 1.67 bits per heavy atom. The van der Waals surface area contributed by atoms with Crippen molar-refractivity contribution in [2.45, 2.75) is 24.8 Å². The first kappa shape index (κ1) is 20.7. The number of benzene rings is 2. The van der Waals surface area contributed by atoms with Gasteiger partial charge in [0.1, 0.15) is 12.6 Å². The van der Waals surface area contributed by atoms with Gasteiger partial charge in [0.2, 0.25) is 11.5 Å². The number of fused-ring (bicyclic) bond motifs is 3. The number of amides is 2. The third-order valence-electron chi connectivity index (χ3n) is 5.91. The van der Waals surface area contributed by atoms with Crippen molar-refractivity contribution >= 4 is 23.8 Å². The summed E-state index contributed by atoms with van der Waals surface area (Å²) in [6.07, 6.45) is 0.608. The van der Waals surface area contributed by atoms with Crippen molar-refractivity contribution in [2.24, 2.45) is 5.92 Å². The van der Waals surface area contributed by atoms with Gasteiger partial charge in [-0.3, -0.25) is 10.1 Å². The molecular weight excluding hydrogens is 428 g/mol. The van der Waals surface area contributed by atoms with Gasteiger partial charge in [0.25, 0.3) is 5.91 Å². The second-order valence-electron chi connectivity index (χ2n) is 8.04. The Hall–Kier alpha value is -4.21. The van der Waals surface area contributed by atoms with Crippen LogP contribution in [-0.2, 0) is 9.53 Å². The largest absolute Gasteiger partial charge is 0.480 e. The summed E-state index contributed by atoms with van der Waals surface area (Å²) in [6.45, 7) is 0.0788. The zero-order valence-electron chi connectivity index (χ0n) is 17.4. The molecule has 10 nitrogen and oxygen atoms in total. The Kier molecular flexibility index (Phi) is 5.25. The van der Waals surface area contributed by atoms with Gasteiger partial charge in [-0.1, -0.05) is 48.5 Å². The zero-order chi connectivity index (χ0) is 22.9. The minimum atomic E-state index is -1.13. The van der Waals surface area contributed by atoms with Gasteiger partial charge in [0.15, 0.2) is 0 Å². The van der Waals surface area contributed by atoms with Crippen LogP contribution in [0.25, 0.3) is 11.1 Å². The molecule has 5 rings (SSSR count). The van der Waals surface area contributed by atoms with Crippen molar-refractivity contribution in [2.75, 3.05) is 11.9 Å². The predicted molar refractivity (Wildman–Crippen MR) is 115 cm³/mol. The van der Waals surface area contributed by atoms with Gasteiger partial charge in [-0.2, -0.15) is 0 Å². The quantitative estimate of drug-likeness (QED) is 0.500. The number of nitrogens with zero attached hydrogens (tertiary/aromatic N) is 2. The van der Waals surface area contributed by atoms with E-state index in [9.17, 15) is 19.5 Å². The third kappa shape index (κ3) is 4.02. The molecule has 0 radical (unpaired) electrons. The molecular formula is C23H20N4O6. The molecule has 1 atom stereocenters. The lowest BCUT2D eigenvalue weighted by Gasteiger charge is -2.14. The maximum absolute atomic E-state index is 12.5. The number of rotatable bonds is 7. The minimum Gasteiger partial charge on any atom is -0.480 e. The highest BCUT2D eigenvalue weighted by molar-refractivity contribution is 6.01. The summed E-state index contributed by atoms with van der Waals surface area (Å²) in [4.78, 5) is 36.3. The molecule has 1 heterocycles. The number of anilines is 1. The fourth-order valence-corrected chi connectivity index (χ4v) is 4.17. The van der Waals surface area contributed by atoms with Crippen molar-refractivity contribution in [3.05, 3.63) is 65.4 Å². The highest BCUT2D eigenvalue weighted by Gasteiger charge is 2.38. The van der Waals surface area contributed by atoms with Gasteiger partial charge < -0.3 is 15.2 Å². The second kappa shape index (κ2) is 8.38. The van der Waals surface area contributed by atoms with Crippen LogP contribution in [-0.4, -0.2) is 46.0 Å². The highest BCUT2D eigenvalue weighted by Crippen LogP contribution is 2.44. The van der Waals surface area contributed by atoms with E-state index in [0.717, 1.165) is 35.1 Å². The van der Waals surface area contributed by atoms with E-state index in [-0.39, 0.29) is 30.0 Å². The third-order valence-corrected chi connectivity index (χ3v) is 5.91. The number of hydrogen-bond acceptors (Lipinski definition) is 7. The van der Waals surface area contributed by atoms with E-state index >= 15 is 0 Å². The van der Waals surface area contributed by atoms with E-state index < -0.39 is 24.0 Å². The fraction of sp³-hybridized carbons (Fsp3) is 0.261. The Morgan fingerprint density at radius 1 is 1.03 bits per heavy atom. The highest BCUT2D eigenvalue weighted by atomic mass is 16.6. The molecule has 1 unspecified atom stereocenters. The summed E-state index contributed by atoms with van der Waals surface area (Å²) in [6, 6.07) is 14.9. The van der Waals surface area contributed by atoms with Crippen LogP contribution in [0, 0.1) is 5.92 Å². The normalized spacial score (nSPS) is 15.3. The number of aromatic nitrogens is 2. The van der Waals surface area contributed by atoms with Crippen LogP contribution in [0.1, 0.15) is 40.4 Å². The van der Waals surface area contributed by atoms with E-state index in [1.807, 2.05) is 48.5 Å². The van der Waals surface area contributed by atoms with Crippen molar-refractivity contribution in [1.29, 1.82) is 0 Å². The van der Waals surface area contributed by atoms with Crippen LogP contribution in [0.5, 0.6) is 0 Å². The van der Waals surface area contributed by atoms with Crippen LogP contribution in [0.3, 0.4) is 0 Å². The first-order valence-corrected chi connectivity index (χ1v) is 10.5. The molecule has 168 valence electrons. The summed E-state index contributed by atoms with van der Waals surface area (Å²) in [5.74, 6) is -2.43. The average molecular weight is 448 g/mol. The number of nitrogens with one attached hydrogen (secondary N) is 2. The maximum atomic E-state index is 12.5. The van der Waals surface area contributed by atoms with Gasteiger partial charge in [0, 0.05) is 5.92 Å². The van der Waals surface area contributed by atoms with Crippen LogP contribution in [0.15, 0.2) is 53.2 Å². The smallest absolute Gasteiger partial charge is 0.412 e. The minimum absolute atomic E-state index is 0.0788. The molecule has 0 saturated heterocycles. The summed E-state index contributed by atoms with van der Waals surface area (Å²) in [5.41, 5.74) is 4.01. The SMILES string of the molecule is O=C(Nc1nonc1C(=O)NC(C(=O)O)C1CC1)OCC1c2ccccc2-c2ccccc21. The van der Waals surface area contributed by atoms with Crippen molar-refractivity contribution in [3.8, 4) is 11.1 Å². The Morgan fingerprint density at radius 3 is 2.27 bits per heavy atom. The number of aliphatic carboxylic acids is 1. The number of carbonyl (C=O) groups is 3. The number of hydrogen-bond donors (Lipinski definition) is 3. The van der Waals surface area contributed by atoms with Gasteiger partial charge in [-0.05, 0) is 51.3 Å². The second-order valence-corrected chi connectivity index (χ2v) is 8.04. The van der Waals surface area contributed by atoms with E-state index in [4.69, 9.17) is 4.74 Å². The Bertz CT molecular complexity index is 1190. The molecule has 10 heteroatoms. The van der Waals surface area contributed by atoms with Gasteiger partial charge in [-0.25, -0.2) is 14.2 Å². The first-order chi connectivity index (χ1) is 16.0. The maximum Gasteiger partial charge on any atom is 0.412 e. The van der Waals surface area contributed by atoms with Gasteiger partial charge in [-0.15, -0.1) is 0 Å². The monoisotopic (exact) mass is 448 g/mol. The zero-order valence-corrected chi connectivity index (χ0v) is 17.4. The van der Waals surface area contributed by atoms with E-state index in [2.05, 4.69) is 25.6 Å². The Balaban J connectivity index is 1.25. The lowest BCUT2D eigenvalue weighted by molar-refractivity contribution is -0.139. The molecule has 2 amide bonds. The molecule has 1 fully saturated rings. The Labute approximate surface area is 187 Å². The van der Waals surface area contributed by atoms with Crippen molar-refractivity contribution in [1.82, 2.24) is 15.6 Å². The molecule has 0 spiro atoms. The summed E-state index contributed by atoms with van der Waals surface area (Å²) >= 11 is 0. The average Bonchev–Trinajstić information content (AvgIpc) is 3.46. The van der Waals surface area contributed by atoms with Crippen LogP contribution < -0.4 is 10.6 Å². The predicted octanol–water partition coefficient (Wildman–Crippen LogP) is 3.02. The lowest BCUT2D eigenvalue weighted by Crippen LogP contribution is -2.42. The van der Waals surface area contributed by atoms with Gasteiger partial charge >= 0.3 is 12.1 Å². The number of carboxylic acids is 1. The van der Waals surface area contributed by atoms with Crippen LogP contribution in [0.2, 0.25) is 0 Å². The van der Waals surface area contributed by atoms with Gasteiger partial charge in [0.05, 0.1) is 0 Å². The topological polar surface area (TPSA) is 144 Å². The molecule has 3 N–H and O–H groups in total. The van der Waals surface area contributed by atoms with Crippen molar-refractivity contribution < 1.29 is 28.9 Å². The molecule has 3 aromatic rings. The first-order valence-electron chi connectivity index (χ1n) is 10.5. The number of carboxylic acid groups (broad SMARTS) is 1. The van der Waals surface area contributed by atoms with E-state index in [1.54, 1.807) is 0 Å². The summed E-state index contributed by atoms with van der Waals surface area (Å²) in [5, 5.41) is 21.1. The molecule has 33 heavy (non-hydrogen) atoms. The molecule has 2 aliphatic rings. The summed E-state index contributed by atoms with van der Waals surface area (Å²) < 4.78 is 10.0. The van der Waals surface area contributed by atoms with E-state index in [0.29, 0.717) is 0 Å². The molecule has 2 aliphatic carbocycles. The lowest BCUT2D eigenvalue weighted by atomic mass is 9.98. The molecule has 1 aromatic heterocycles. The van der Waals surface area contributed by atoms with E-state index in [1.165, 1.54) is 0 Å². The fourth-order valence-electron chi connectivity index (χ4n) is 4.17. The molecule has 0 bridgehead atoms.